The van der Waals surface area contributed by atoms with Crippen LogP contribution in [0.2, 0.25) is 0 Å². The van der Waals surface area contributed by atoms with E-state index in [0.29, 0.717) is 22.5 Å². The molecule has 7 nitrogen and oxygen atoms in total. The second kappa shape index (κ2) is 11.1. The van der Waals surface area contributed by atoms with E-state index in [2.05, 4.69) is 23.8 Å². The molecule has 0 saturated carbocycles. The quantitative estimate of drug-likeness (QED) is 0.244. The maximum absolute atomic E-state index is 10.6. The first-order valence-corrected chi connectivity index (χ1v) is 11.0. The molecule has 0 aliphatic rings. The highest BCUT2D eigenvalue weighted by molar-refractivity contribution is 7.80. The Bertz CT molecular complexity index is 978. The Kier molecular flexibility index (Phi) is 8.74. The van der Waals surface area contributed by atoms with E-state index >= 15 is 0 Å². The summed E-state index contributed by atoms with van der Waals surface area (Å²) in [7, 11) is 3.65. The van der Waals surface area contributed by atoms with Crippen LogP contribution in [-0.2, 0) is 0 Å². The van der Waals surface area contributed by atoms with E-state index in [1.54, 1.807) is 18.1 Å². The van der Waals surface area contributed by atoms with Gasteiger partial charge >= 0.3 is 0 Å². The van der Waals surface area contributed by atoms with Crippen LogP contribution in [0.25, 0.3) is 5.70 Å². The molecule has 0 aromatic heterocycles. The molecule has 0 radical (unpaired) electrons. The van der Waals surface area contributed by atoms with E-state index in [1.807, 2.05) is 39.1 Å². The standard InChI is InChI=1S/C24H34N4O3S/c1-7-8-11-27(5)20-12-17(9-10-23(20)31-6)28(24(32)26-25)16(4)19-13-18(15(2)3)21(29)14-22(19)30/h9-10,12-15,29-30H,4,7-8,11,25H2,1-3,5-6H3,(H,26,32). The van der Waals surface area contributed by atoms with Crippen LogP contribution in [0.5, 0.6) is 17.2 Å². The van der Waals surface area contributed by atoms with E-state index in [4.69, 9.17) is 22.8 Å². The summed E-state index contributed by atoms with van der Waals surface area (Å²) >= 11 is 5.48. The lowest BCUT2D eigenvalue weighted by molar-refractivity contribution is 0.415. The third kappa shape index (κ3) is 5.44. The van der Waals surface area contributed by atoms with Crippen molar-refractivity contribution >= 4 is 34.4 Å². The second-order valence-corrected chi connectivity index (χ2v) is 8.33. The van der Waals surface area contributed by atoms with Gasteiger partial charge in [-0.05, 0) is 54.4 Å². The van der Waals surface area contributed by atoms with Crippen molar-refractivity contribution in [2.24, 2.45) is 5.84 Å². The van der Waals surface area contributed by atoms with Gasteiger partial charge in [0.25, 0.3) is 0 Å². The first-order chi connectivity index (χ1) is 15.2. The van der Waals surface area contributed by atoms with Gasteiger partial charge in [-0.2, -0.15) is 0 Å². The topological polar surface area (TPSA) is 94.2 Å². The minimum absolute atomic E-state index is 0.0319. The number of hydrazine groups is 1. The Morgan fingerprint density at radius 1 is 1.22 bits per heavy atom. The smallest absolute Gasteiger partial charge is 0.192 e. The third-order valence-electron chi connectivity index (χ3n) is 5.35. The summed E-state index contributed by atoms with van der Waals surface area (Å²) in [5.41, 5.74) is 5.67. The molecule has 174 valence electrons. The van der Waals surface area contributed by atoms with Crippen LogP contribution in [-0.4, -0.2) is 36.0 Å². The number of phenolic OH excluding ortho intramolecular Hbond substituents is 2. The van der Waals surface area contributed by atoms with E-state index in [-0.39, 0.29) is 22.5 Å². The highest BCUT2D eigenvalue weighted by Gasteiger charge is 2.23. The molecule has 5 N–H and O–H groups in total. The molecule has 8 heteroatoms. The summed E-state index contributed by atoms with van der Waals surface area (Å²) in [5.74, 6) is 6.39. The molecule has 0 bridgehead atoms. The molecular weight excluding hydrogens is 424 g/mol. The number of rotatable bonds is 9. The lowest BCUT2D eigenvalue weighted by atomic mass is 9.97. The van der Waals surface area contributed by atoms with Crippen molar-refractivity contribution < 1.29 is 14.9 Å². The number of nitrogens with zero attached hydrogens (tertiary/aromatic N) is 2. The number of hydrogen-bond acceptors (Lipinski definition) is 6. The molecule has 2 rings (SSSR count). The van der Waals surface area contributed by atoms with Crippen LogP contribution in [0.3, 0.4) is 0 Å². The highest BCUT2D eigenvalue weighted by atomic mass is 32.1. The number of unbranched alkanes of at least 4 members (excludes halogenated alkanes) is 1. The van der Waals surface area contributed by atoms with Gasteiger partial charge in [0.05, 0.1) is 24.2 Å². The maximum atomic E-state index is 10.6. The minimum Gasteiger partial charge on any atom is -0.508 e. The van der Waals surface area contributed by atoms with Gasteiger partial charge < -0.3 is 25.3 Å². The fraction of sp³-hybridized carbons (Fsp3) is 0.375. The van der Waals surface area contributed by atoms with E-state index in [1.165, 1.54) is 6.07 Å². The van der Waals surface area contributed by atoms with Gasteiger partial charge in [0.1, 0.15) is 17.2 Å². The first-order valence-electron chi connectivity index (χ1n) is 10.6. The monoisotopic (exact) mass is 458 g/mol. The zero-order chi connectivity index (χ0) is 24.0. The molecule has 0 aliphatic heterocycles. The fourth-order valence-electron chi connectivity index (χ4n) is 3.50. The summed E-state index contributed by atoms with van der Waals surface area (Å²) in [4.78, 5) is 3.78. The zero-order valence-electron chi connectivity index (χ0n) is 19.5. The van der Waals surface area contributed by atoms with Crippen molar-refractivity contribution in [1.29, 1.82) is 0 Å². The third-order valence-corrected chi connectivity index (χ3v) is 5.65. The van der Waals surface area contributed by atoms with E-state index in [0.717, 1.165) is 30.8 Å². The predicted octanol–water partition coefficient (Wildman–Crippen LogP) is 4.69. The van der Waals surface area contributed by atoms with Crippen molar-refractivity contribution in [2.75, 3.05) is 30.5 Å². The number of aromatic hydroxyl groups is 2. The Hall–Kier alpha value is -2.97. The first kappa shape index (κ1) is 25.3. The van der Waals surface area contributed by atoms with Crippen LogP contribution in [0.4, 0.5) is 11.4 Å². The lowest BCUT2D eigenvalue weighted by Gasteiger charge is -2.30. The number of methoxy groups -OCH3 is 1. The van der Waals surface area contributed by atoms with Crippen LogP contribution >= 0.6 is 12.2 Å². The SMILES string of the molecule is C=C(c1cc(C(C)C)c(O)cc1O)N(C(=S)NN)c1ccc(OC)c(N(C)CCCC)c1. The number of nitrogens with one attached hydrogen (secondary N) is 1. The largest absolute Gasteiger partial charge is 0.508 e. The van der Waals surface area contributed by atoms with Gasteiger partial charge in [0.15, 0.2) is 5.11 Å². The zero-order valence-corrected chi connectivity index (χ0v) is 20.3. The molecule has 0 atom stereocenters. The second-order valence-electron chi connectivity index (χ2n) is 7.95. The van der Waals surface area contributed by atoms with Crippen molar-refractivity contribution in [1.82, 2.24) is 5.43 Å². The molecule has 2 aromatic rings. The molecule has 0 heterocycles. The maximum Gasteiger partial charge on any atom is 0.192 e. The van der Waals surface area contributed by atoms with Crippen molar-refractivity contribution in [2.45, 2.75) is 39.5 Å². The van der Waals surface area contributed by atoms with E-state index in [9.17, 15) is 10.2 Å². The molecular formula is C24H34N4O3S. The minimum atomic E-state index is -0.101. The molecule has 0 fully saturated rings. The molecule has 0 aliphatic carbocycles. The Morgan fingerprint density at radius 2 is 1.91 bits per heavy atom. The number of anilines is 2. The summed E-state index contributed by atoms with van der Waals surface area (Å²) < 4.78 is 5.56. The Balaban J connectivity index is 2.59. The number of hydrogen-bond donors (Lipinski definition) is 4. The molecule has 0 unspecified atom stereocenters. The molecule has 2 aromatic carbocycles. The summed E-state index contributed by atoms with van der Waals surface area (Å²) in [6, 6.07) is 8.71. The fourth-order valence-corrected chi connectivity index (χ4v) is 3.72. The van der Waals surface area contributed by atoms with Gasteiger partial charge in [-0.25, -0.2) is 5.84 Å². The molecule has 0 amide bonds. The number of benzene rings is 2. The van der Waals surface area contributed by atoms with Gasteiger partial charge in [-0.15, -0.1) is 0 Å². The van der Waals surface area contributed by atoms with E-state index < -0.39 is 0 Å². The van der Waals surface area contributed by atoms with Gasteiger partial charge in [0.2, 0.25) is 0 Å². The predicted molar refractivity (Wildman–Crippen MR) is 136 cm³/mol. The van der Waals surface area contributed by atoms with Gasteiger partial charge in [-0.3, -0.25) is 4.90 Å². The highest BCUT2D eigenvalue weighted by Crippen LogP contribution is 2.39. The number of thiocarbonyl (C=S) groups is 1. The van der Waals surface area contributed by atoms with Crippen molar-refractivity contribution in [3.05, 3.63) is 48.0 Å². The summed E-state index contributed by atoms with van der Waals surface area (Å²) in [5, 5.41) is 21.0. The summed E-state index contributed by atoms with van der Waals surface area (Å²) in [6.07, 6.45) is 2.12. The average molecular weight is 459 g/mol. The number of phenols is 2. The molecule has 0 saturated heterocycles. The van der Waals surface area contributed by atoms with Crippen LogP contribution in [0, 0.1) is 0 Å². The lowest BCUT2D eigenvalue weighted by Crippen LogP contribution is -2.42. The number of ether oxygens (including phenoxy) is 1. The van der Waals surface area contributed by atoms with Crippen molar-refractivity contribution in [3.8, 4) is 17.2 Å². The van der Waals surface area contributed by atoms with Crippen LogP contribution in [0.1, 0.15) is 50.7 Å². The van der Waals surface area contributed by atoms with Gasteiger partial charge in [-0.1, -0.05) is 33.8 Å². The number of nitrogens with two attached hydrogens (primary N) is 1. The molecule has 0 spiro atoms. The van der Waals surface area contributed by atoms with Crippen LogP contribution < -0.4 is 25.8 Å². The summed E-state index contributed by atoms with van der Waals surface area (Å²) in [6.45, 7) is 11.1. The average Bonchev–Trinajstić information content (AvgIpc) is 2.76. The Labute approximate surface area is 196 Å². The normalized spacial score (nSPS) is 10.7. The Morgan fingerprint density at radius 3 is 2.47 bits per heavy atom. The van der Waals surface area contributed by atoms with Gasteiger partial charge in [0, 0.05) is 25.2 Å². The van der Waals surface area contributed by atoms with Crippen molar-refractivity contribution in [3.63, 3.8) is 0 Å². The van der Waals surface area contributed by atoms with Crippen LogP contribution in [0.15, 0.2) is 36.9 Å². The molecule has 32 heavy (non-hydrogen) atoms.